The molecule has 1 heterocycles. The Bertz CT molecular complexity index is 709. The molecule has 0 radical (unpaired) electrons. The second kappa shape index (κ2) is 10.1. The summed E-state index contributed by atoms with van der Waals surface area (Å²) in [4.78, 5) is 6.68. The summed E-state index contributed by atoms with van der Waals surface area (Å²) in [6.07, 6.45) is 1.68. The largest absolute Gasteiger partial charge is 0.354 e. The number of nitrogens with one attached hydrogen (secondary N) is 2. The zero-order chi connectivity index (χ0) is 18.9. The van der Waals surface area contributed by atoms with E-state index in [4.69, 9.17) is 11.6 Å². The summed E-state index contributed by atoms with van der Waals surface area (Å²) in [6.45, 7) is 7.46. The van der Waals surface area contributed by atoms with Gasteiger partial charge in [0, 0.05) is 25.7 Å². The van der Waals surface area contributed by atoms with E-state index < -0.39 is 0 Å². The van der Waals surface area contributed by atoms with Crippen molar-refractivity contribution in [1.82, 2.24) is 30.3 Å². The molecule has 2 aromatic rings. The van der Waals surface area contributed by atoms with Crippen LogP contribution in [0.25, 0.3) is 0 Å². The molecule has 0 bridgehead atoms. The fourth-order valence-corrected chi connectivity index (χ4v) is 3.15. The van der Waals surface area contributed by atoms with Crippen molar-refractivity contribution < 1.29 is 0 Å². The fourth-order valence-electron chi connectivity index (χ4n) is 2.89. The van der Waals surface area contributed by atoms with Gasteiger partial charge in [0.05, 0.1) is 12.6 Å². The zero-order valence-corrected chi connectivity index (χ0v) is 16.7. The highest BCUT2D eigenvalue weighted by Crippen LogP contribution is 2.26. The first kappa shape index (κ1) is 20.2. The lowest BCUT2D eigenvalue weighted by molar-refractivity contribution is 0.219. The zero-order valence-electron chi connectivity index (χ0n) is 15.9. The van der Waals surface area contributed by atoms with Crippen LogP contribution in [-0.4, -0.2) is 52.3 Å². The monoisotopic (exact) mass is 377 g/mol. The van der Waals surface area contributed by atoms with Crippen LogP contribution in [0.5, 0.6) is 0 Å². The maximum absolute atomic E-state index is 6.45. The van der Waals surface area contributed by atoms with Gasteiger partial charge in [0.2, 0.25) is 0 Å². The fraction of sp³-hybridized carbons (Fsp3) is 0.500. The van der Waals surface area contributed by atoms with Gasteiger partial charge >= 0.3 is 0 Å². The second-order valence-corrected chi connectivity index (χ2v) is 6.33. The first-order valence-electron chi connectivity index (χ1n) is 8.86. The molecule has 1 atom stereocenters. The maximum Gasteiger partial charge on any atom is 0.191 e. The summed E-state index contributed by atoms with van der Waals surface area (Å²) in [5.41, 5.74) is 1.12. The third kappa shape index (κ3) is 5.19. The molecular weight excluding hydrogens is 350 g/mol. The first-order chi connectivity index (χ1) is 12.6. The SMILES string of the molecule is CCN(CC)C(CNC(=NC)NCc1nncn1C)c1ccccc1Cl. The number of benzene rings is 1. The van der Waals surface area contributed by atoms with Gasteiger partial charge in [-0.05, 0) is 24.7 Å². The molecule has 0 aliphatic heterocycles. The third-order valence-electron chi connectivity index (χ3n) is 4.42. The molecule has 1 unspecified atom stereocenters. The number of hydrogen-bond acceptors (Lipinski definition) is 4. The van der Waals surface area contributed by atoms with E-state index >= 15 is 0 Å². The summed E-state index contributed by atoms with van der Waals surface area (Å²) in [5, 5.41) is 15.4. The number of halogens is 1. The van der Waals surface area contributed by atoms with Gasteiger partial charge in [-0.1, -0.05) is 43.6 Å². The van der Waals surface area contributed by atoms with Crippen LogP contribution in [0.4, 0.5) is 0 Å². The predicted molar refractivity (Wildman–Crippen MR) is 106 cm³/mol. The molecule has 1 aromatic heterocycles. The lowest BCUT2D eigenvalue weighted by atomic mass is 10.0. The normalized spacial score (nSPS) is 13.1. The third-order valence-corrected chi connectivity index (χ3v) is 4.77. The number of rotatable bonds is 8. The molecule has 0 amide bonds. The van der Waals surface area contributed by atoms with Crippen LogP contribution >= 0.6 is 11.6 Å². The van der Waals surface area contributed by atoms with Gasteiger partial charge in [0.15, 0.2) is 11.8 Å². The molecule has 0 fully saturated rings. The van der Waals surface area contributed by atoms with Crippen LogP contribution in [-0.2, 0) is 13.6 Å². The molecule has 142 valence electrons. The van der Waals surface area contributed by atoms with Gasteiger partial charge in [-0.25, -0.2) is 0 Å². The van der Waals surface area contributed by atoms with Crippen molar-refractivity contribution >= 4 is 17.6 Å². The molecule has 1 aromatic carbocycles. The van der Waals surface area contributed by atoms with Gasteiger partial charge in [-0.15, -0.1) is 10.2 Å². The molecule has 0 aliphatic carbocycles. The average molecular weight is 378 g/mol. The topological polar surface area (TPSA) is 70.4 Å². The molecule has 0 saturated carbocycles. The molecule has 0 spiro atoms. The van der Waals surface area contributed by atoms with E-state index in [9.17, 15) is 0 Å². The molecular formula is C18H28ClN7. The molecule has 0 saturated heterocycles. The Labute approximate surface area is 160 Å². The van der Waals surface area contributed by atoms with Crippen LogP contribution in [0.3, 0.4) is 0 Å². The van der Waals surface area contributed by atoms with Gasteiger partial charge < -0.3 is 15.2 Å². The predicted octanol–water partition coefficient (Wildman–Crippen LogP) is 2.22. The van der Waals surface area contributed by atoms with Gasteiger partial charge in [0.25, 0.3) is 0 Å². The molecule has 2 rings (SSSR count). The van der Waals surface area contributed by atoms with Crippen LogP contribution in [0.1, 0.15) is 31.3 Å². The van der Waals surface area contributed by atoms with Crippen molar-refractivity contribution in [3.63, 3.8) is 0 Å². The number of aromatic nitrogens is 3. The van der Waals surface area contributed by atoms with Gasteiger partial charge in [0.1, 0.15) is 6.33 Å². The van der Waals surface area contributed by atoms with E-state index in [1.807, 2.05) is 29.8 Å². The van der Waals surface area contributed by atoms with Crippen molar-refractivity contribution in [2.24, 2.45) is 12.0 Å². The molecule has 8 heteroatoms. The average Bonchev–Trinajstić information content (AvgIpc) is 3.06. The van der Waals surface area contributed by atoms with Crippen molar-refractivity contribution in [3.8, 4) is 0 Å². The number of aryl methyl sites for hydroxylation is 1. The summed E-state index contributed by atoms with van der Waals surface area (Å²) in [7, 11) is 3.68. The Balaban J connectivity index is 2.05. The standard InChI is InChI=1S/C18H28ClN7/c1-5-26(6-2)16(14-9-7-8-10-15(14)19)11-21-18(20-3)22-12-17-24-23-13-25(17)4/h7-10,13,16H,5-6,11-12H2,1-4H3,(H2,20,21,22). The lowest BCUT2D eigenvalue weighted by Crippen LogP contribution is -2.43. The van der Waals surface area contributed by atoms with E-state index in [0.29, 0.717) is 13.1 Å². The van der Waals surface area contributed by atoms with E-state index in [1.54, 1.807) is 13.4 Å². The Hall–Kier alpha value is -2.12. The minimum atomic E-state index is 0.159. The van der Waals surface area contributed by atoms with Crippen molar-refractivity contribution in [2.45, 2.75) is 26.4 Å². The van der Waals surface area contributed by atoms with Crippen LogP contribution in [0.2, 0.25) is 5.02 Å². The number of nitrogens with zero attached hydrogens (tertiary/aromatic N) is 5. The van der Waals surface area contributed by atoms with Crippen molar-refractivity contribution in [1.29, 1.82) is 0 Å². The van der Waals surface area contributed by atoms with Gasteiger partial charge in [-0.3, -0.25) is 9.89 Å². The van der Waals surface area contributed by atoms with Crippen LogP contribution in [0.15, 0.2) is 35.6 Å². The van der Waals surface area contributed by atoms with Crippen molar-refractivity contribution in [2.75, 3.05) is 26.7 Å². The molecule has 26 heavy (non-hydrogen) atoms. The lowest BCUT2D eigenvalue weighted by Gasteiger charge is -2.31. The highest BCUT2D eigenvalue weighted by atomic mass is 35.5. The summed E-state index contributed by atoms with van der Waals surface area (Å²) >= 11 is 6.45. The Morgan fingerprint density at radius 1 is 1.27 bits per heavy atom. The number of guanidine groups is 1. The first-order valence-corrected chi connectivity index (χ1v) is 9.24. The van der Waals surface area contributed by atoms with E-state index in [-0.39, 0.29) is 6.04 Å². The minimum Gasteiger partial charge on any atom is -0.354 e. The molecule has 0 aliphatic rings. The maximum atomic E-state index is 6.45. The van der Waals surface area contributed by atoms with E-state index in [1.165, 1.54) is 0 Å². The van der Waals surface area contributed by atoms with E-state index in [0.717, 1.165) is 35.5 Å². The Morgan fingerprint density at radius 2 is 2.00 bits per heavy atom. The summed E-state index contributed by atoms with van der Waals surface area (Å²) in [6, 6.07) is 8.17. The number of aliphatic imine (C=N–C) groups is 1. The minimum absolute atomic E-state index is 0.159. The van der Waals surface area contributed by atoms with Gasteiger partial charge in [-0.2, -0.15) is 0 Å². The highest BCUT2D eigenvalue weighted by Gasteiger charge is 2.20. The second-order valence-electron chi connectivity index (χ2n) is 5.92. The number of likely N-dealkylation sites (N-methyl/N-ethyl adjacent to an activating group) is 1. The highest BCUT2D eigenvalue weighted by molar-refractivity contribution is 6.31. The van der Waals surface area contributed by atoms with Crippen LogP contribution < -0.4 is 10.6 Å². The summed E-state index contributed by atoms with van der Waals surface area (Å²) in [5.74, 6) is 1.57. The van der Waals surface area contributed by atoms with Crippen LogP contribution in [0, 0.1) is 0 Å². The number of hydrogen-bond donors (Lipinski definition) is 2. The Kier molecular flexibility index (Phi) is 7.87. The molecule has 7 nitrogen and oxygen atoms in total. The smallest absolute Gasteiger partial charge is 0.191 e. The van der Waals surface area contributed by atoms with Crippen molar-refractivity contribution in [3.05, 3.63) is 47.0 Å². The summed E-state index contributed by atoms with van der Waals surface area (Å²) < 4.78 is 1.88. The molecule has 2 N–H and O–H groups in total. The Morgan fingerprint density at radius 3 is 2.58 bits per heavy atom. The van der Waals surface area contributed by atoms with E-state index in [2.05, 4.69) is 50.6 Å². The quantitative estimate of drug-likeness (QED) is 0.545.